The van der Waals surface area contributed by atoms with Gasteiger partial charge >= 0.3 is 5.97 Å². The van der Waals surface area contributed by atoms with Gasteiger partial charge in [-0.15, -0.1) is 0 Å². The molecule has 0 aromatic carbocycles. The van der Waals surface area contributed by atoms with Crippen molar-refractivity contribution in [2.75, 3.05) is 20.3 Å². The van der Waals surface area contributed by atoms with Crippen LogP contribution in [0.5, 0.6) is 0 Å². The highest BCUT2D eigenvalue weighted by Gasteiger charge is 2.66. The van der Waals surface area contributed by atoms with E-state index in [9.17, 15) is 35.4 Å². The average Bonchev–Trinajstić information content (AvgIpc) is 3.62. The second-order valence-electron chi connectivity index (χ2n) is 16.1. The standard InChI is InChI=1S/C36H54O13/c1-17-30(49-32-28(41)27(40)26(39)24(15-37)48-32)31(44-4)29(42)33(46-17)47-20-7-10-34(2)19(14-20)5-6-23-22(34)8-11-35(3)21(9-12-36(23,35)43)18-13-25(38)45-16-18/h9,13,17,19-20,22-24,26-33,37,39-43H,5-8,10-12,14-16H2,1-4H3/t17-,19?,20+,22+,23-,24-,26-,27+,28-,29-,30-,31-,32+,33+,34+,35-,36+/m1/s1. The molecule has 0 bridgehead atoms. The first-order valence-electron chi connectivity index (χ1n) is 18.0. The van der Waals surface area contributed by atoms with Gasteiger partial charge in [-0.3, -0.25) is 0 Å². The first kappa shape index (κ1) is 35.9. The van der Waals surface area contributed by atoms with Gasteiger partial charge in [0.2, 0.25) is 0 Å². The third-order valence-corrected chi connectivity index (χ3v) is 13.9. The zero-order valence-electron chi connectivity index (χ0n) is 28.8. The van der Waals surface area contributed by atoms with E-state index in [4.69, 9.17) is 28.4 Å². The minimum absolute atomic E-state index is 0.0347. The zero-order valence-corrected chi connectivity index (χ0v) is 28.8. The van der Waals surface area contributed by atoms with E-state index < -0.39 is 79.0 Å². The number of ether oxygens (including phenoxy) is 6. The van der Waals surface area contributed by atoms with Gasteiger partial charge in [0.1, 0.15) is 49.3 Å². The Hall–Kier alpha value is -1.49. The Kier molecular flexibility index (Phi) is 9.65. The molecule has 3 heterocycles. The molecule has 0 radical (unpaired) electrons. The van der Waals surface area contributed by atoms with Crippen molar-refractivity contribution in [2.24, 2.45) is 28.6 Å². The molecule has 7 aliphatic rings. The predicted molar refractivity (Wildman–Crippen MR) is 170 cm³/mol. The number of esters is 1. The topological polar surface area (TPSA) is 194 Å². The first-order valence-corrected chi connectivity index (χ1v) is 18.0. The van der Waals surface area contributed by atoms with Crippen molar-refractivity contribution in [2.45, 2.75) is 145 Å². The molecule has 17 atom stereocenters. The maximum absolute atomic E-state index is 12.5. The van der Waals surface area contributed by atoms with Gasteiger partial charge in [-0.05, 0) is 87.0 Å². The Morgan fingerprint density at radius 1 is 0.898 bits per heavy atom. The molecule has 0 aromatic heterocycles. The van der Waals surface area contributed by atoms with Crippen LogP contribution in [0.2, 0.25) is 0 Å². The molecule has 49 heavy (non-hydrogen) atoms. The molecule has 0 spiro atoms. The van der Waals surface area contributed by atoms with Crippen LogP contribution in [0.4, 0.5) is 0 Å². The number of cyclic esters (lactones) is 1. The molecule has 6 N–H and O–H groups in total. The molecule has 5 fully saturated rings. The largest absolute Gasteiger partial charge is 0.458 e. The average molecular weight is 695 g/mol. The maximum atomic E-state index is 12.5. The van der Waals surface area contributed by atoms with E-state index in [1.165, 1.54) is 7.11 Å². The molecule has 13 nitrogen and oxygen atoms in total. The Morgan fingerprint density at radius 2 is 1.65 bits per heavy atom. The van der Waals surface area contributed by atoms with Crippen molar-refractivity contribution in [1.29, 1.82) is 0 Å². The lowest BCUT2D eigenvalue weighted by Crippen LogP contribution is -2.64. The zero-order chi connectivity index (χ0) is 35.0. The van der Waals surface area contributed by atoms with Crippen LogP contribution in [-0.4, -0.2) is 130 Å². The van der Waals surface area contributed by atoms with E-state index in [0.29, 0.717) is 18.3 Å². The minimum Gasteiger partial charge on any atom is -0.458 e. The molecule has 13 heteroatoms. The Morgan fingerprint density at radius 3 is 2.35 bits per heavy atom. The summed E-state index contributed by atoms with van der Waals surface area (Å²) in [6.07, 6.45) is -1.52. The fourth-order valence-corrected chi connectivity index (χ4v) is 11.0. The van der Waals surface area contributed by atoms with Crippen molar-refractivity contribution in [1.82, 2.24) is 0 Å². The summed E-state index contributed by atoms with van der Waals surface area (Å²) in [5.74, 6) is 0.597. The Labute approximate surface area is 287 Å². The fourth-order valence-electron chi connectivity index (χ4n) is 11.0. The number of rotatable bonds is 7. The van der Waals surface area contributed by atoms with Crippen LogP contribution >= 0.6 is 0 Å². The maximum Gasteiger partial charge on any atom is 0.331 e. The Bertz CT molecular complexity index is 1320. The molecule has 4 aliphatic carbocycles. The van der Waals surface area contributed by atoms with Crippen LogP contribution in [0.25, 0.3) is 0 Å². The lowest BCUT2D eigenvalue weighted by atomic mass is 9.43. The first-order chi connectivity index (χ1) is 23.3. The summed E-state index contributed by atoms with van der Waals surface area (Å²) in [5, 5.41) is 64.3. The molecule has 276 valence electrons. The highest BCUT2D eigenvalue weighted by atomic mass is 16.7. The monoisotopic (exact) mass is 694 g/mol. The second kappa shape index (κ2) is 13.2. The normalized spacial score (nSPS) is 52.8. The summed E-state index contributed by atoms with van der Waals surface area (Å²) in [5.41, 5.74) is 0.749. The van der Waals surface area contributed by atoms with Gasteiger partial charge in [-0.25, -0.2) is 4.79 Å². The number of methoxy groups -OCH3 is 1. The third-order valence-electron chi connectivity index (χ3n) is 13.9. The summed E-state index contributed by atoms with van der Waals surface area (Å²) in [4.78, 5) is 11.9. The van der Waals surface area contributed by atoms with Gasteiger partial charge in [-0.1, -0.05) is 19.9 Å². The van der Waals surface area contributed by atoms with Crippen LogP contribution in [0, 0.1) is 28.6 Å². The predicted octanol–water partition coefficient (Wildman–Crippen LogP) is 0.855. The molecular formula is C36H54O13. The van der Waals surface area contributed by atoms with Gasteiger partial charge in [-0.2, -0.15) is 0 Å². The summed E-state index contributed by atoms with van der Waals surface area (Å²) >= 11 is 0. The van der Waals surface area contributed by atoms with E-state index in [2.05, 4.69) is 19.9 Å². The van der Waals surface area contributed by atoms with Crippen LogP contribution in [0.1, 0.15) is 72.1 Å². The molecular weight excluding hydrogens is 640 g/mol. The fraction of sp³-hybridized carbons (Fsp3) is 0.861. The number of hydrogen-bond acceptors (Lipinski definition) is 13. The van der Waals surface area contributed by atoms with Crippen molar-refractivity contribution < 1.29 is 63.9 Å². The van der Waals surface area contributed by atoms with Crippen LogP contribution in [0.15, 0.2) is 23.3 Å². The van der Waals surface area contributed by atoms with Crippen LogP contribution in [0.3, 0.4) is 0 Å². The molecule has 2 saturated heterocycles. The van der Waals surface area contributed by atoms with Crippen molar-refractivity contribution in [3.8, 4) is 0 Å². The van der Waals surface area contributed by atoms with Crippen molar-refractivity contribution in [3.63, 3.8) is 0 Å². The van der Waals surface area contributed by atoms with Crippen LogP contribution < -0.4 is 0 Å². The highest BCUT2D eigenvalue weighted by Crippen LogP contribution is 2.68. The number of aliphatic hydroxyl groups is 6. The third kappa shape index (κ3) is 5.67. The highest BCUT2D eigenvalue weighted by molar-refractivity contribution is 5.86. The number of fused-ring (bicyclic) bond motifs is 5. The van der Waals surface area contributed by atoms with Gasteiger partial charge in [0, 0.05) is 24.2 Å². The summed E-state index contributed by atoms with van der Waals surface area (Å²) in [6, 6.07) is 0. The van der Waals surface area contributed by atoms with E-state index >= 15 is 0 Å². The SMILES string of the molecule is CO[C@@H]1[C@@H](O)[C@H](O[C@H]2CC[C@@]3(C)C(CC[C@@H]4[C@@H]3CC[C@]3(C)C(C5=CC(=O)OC5)=CC[C@]43O)C2)O[C@H](C)[C@H]1O[C@@H]1O[C@H](CO)[C@@H](O)[C@H](O)[C@H]1O. The van der Waals surface area contributed by atoms with Gasteiger partial charge < -0.3 is 59.1 Å². The molecule has 3 aliphatic heterocycles. The number of carbonyl (C=O) groups excluding carboxylic acids is 1. The lowest BCUT2D eigenvalue weighted by molar-refractivity contribution is -0.362. The lowest BCUT2D eigenvalue weighted by Gasteiger charge is -2.63. The Balaban J connectivity index is 0.991. The smallest absolute Gasteiger partial charge is 0.331 e. The molecule has 1 unspecified atom stereocenters. The van der Waals surface area contributed by atoms with Gasteiger partial charge in [0.25, 0.3) is 0 Å². The number of hydrogen-bond donors (Lipinski definition) is 6. The number of aliphatic hydroxyl groups excluding tert-OH is 5. The van der Waals surface area contributed by atoms with E-state index in [1.807, 2.05) is 0 Å². The second-order valence-corrected chi connectivity index (χ2v) is 16.1. The molecule has 0 aromatic rings. The summed E-state index contributed by atoms with van der Waals surface area (Å²) < 4.78 is 35.0. The van der Waals surface area contributed by atoms with Crippen molar-refractivity contribution >= 4 is 5.97 Å². The van der Waals surface area contributed by atoms with E-state index in [-0.39, 0.29) is 30.0 Å². The van der Waals surface area contributed by atoms with Crippen molar-refractivity contribution in [3.05, 3.63) is 23.3 Å². The van der Waals surface area contributed by atoms with Gasteiger partial charge in [0.05, 0.1) is 24.4 Å². The summed E-state index contributed by atoms with van der Waals surface area (Å²) in [6.45, 7) is 5.99. The van der Waals surface area contributed by atoms with E-state index in [1.54, 1.807) is 13.0 Å². The minimum atomic E-state index is -1.60. The van der Waals surface area contributed by atoms with Crippen LogP contribution in [-0.2, 0) is 33.2 Å². The van der Waals surface area contributed by atoms with Gasteiger partial charge in [0.15, 0.2) is 12.6 Å². The quantitative estimate of drug-likeness (QED) is 0.163. The molecule has 0 amide bonds. The number of carbonyl (C=O) groups is 1. The molecule has 7 rings (SSSR count). The van der Waals surface area contributed by atoms with E-state index in [0.717, 1.165) is 56.1 Å². The molecule has 3 saturated carbocycles. The summed E-state index contributed by atoms with van der Waals surface area (Å²) in [7, 11) is 1.43.